The van der Waals surface area contributed by atoms with E-state index in [2.05, 4.69) is 0 Å². The van der Waals surface area contributed by atoms with Gasteiger partial charge in [-0.2, -0.15) is 0 Å². The van der Waals surface area contributed by atoms with E-state index >= 15 is 0 Å². The zero-order valence-corrected chi connectivity index (χ0v) is 12.3. The van der Waals surface area contributed by atoms with Crippen molar-refractivity contribution in [2.75, 3.05) is 0 Å². The van der Waals surface area contributed by atoms with Crippen molar-refractivity contribution in [2.45, 2.75) is 18.9 Å². The van der Waals surface area contributed by atoms with Gasteiger partial charge in [-0.3, -0.25) is 4.79 Å². The van der Waals surface area contributed by atoms with Gasteiger partial charge < -0.3 is 5.11 Å². The third-order valence-corrected chi connectivity index (χ3v) is 4.60. The van der Waals surface area contributed by atoms with Gasteiger partial charge in [0.25, 0.3) is 0 Å². The summed E-state index contributed by atoms with van der Waals surface area (Å²) in [5.41, 5.74) is 1.63. The highest BCUT2D eigenvalue weighted by Crippen LogP contribution is 2.22. The SMILES string of the molecule is O=c1c(C(O)CCc2ccccc2)csc2ccccc12. The zero-order valence-electron chi connectivity index (χ0n) is 11.5. The lowest BCUT2D eigenvalue weighted by atomic mass is 10.0. The van der Waals surface area contributed by atoms with Gasteiger partial charge in [-0.1, -0.05) is 42.5 Å². The van der Waals surface area contributed by atoms with Crippen LogP contribution in [0.4, 0.5) is 0 Å². The second kappa shape index (κ2) is 6.20. The standard InChI is InChI=1S/C18H16O2S/c19-16(11-10-13-6-2-1-3-7-13)15-12-21-17-9-5-4-8-14(17)18(15)20/h1-9,12,16,19H,10-11H2. The molecule has 2 aromatic carbocycles. The van der Waals surface area contributed by atoms with Gasteiger partial charge in [0.15, 0.2) is 5.43 Å². The van der Waals surface area contributed by atoms with Crippen LogP contribution in [0.1, 0.15) is 23.7 Å². The predicted molar refractivity (Wildman–Crippen MR) is 87.8 cm³/mol. The quantitative estimate of drug-likeness (QED) is 0.792. The molecule has 0 aliphatic rings. The van der Waals surface area contributed by atoms with Crippen molar-refractivity contribution in [3.05, 3.63) is 81.3 Å². The molecule has 1 heterocycles. The van der Waals surface area contributed by atoms with Crippen LogP contribution in [0.25, 0.3) is 10.1 Å². The van der Waals surface area contributed by atoms with Crippen LogP contribution < -0.4 is 5.43 Å². The van der Waals surface area contributed by atoms with Gasteiger partial charge in [0.1, 0.15) is 0 Å². The Hall–Kier alpha value is -1.97. The fourth-order valence-corrected chi connectivity index (χ4v) is 3.39. The Morgan fingerprint density at radius 3 is 2.52 bits per heavy atom. The lowest BCUT2D eigenvalue weighted by molar-refractivity contribution is 0.167. The van der Waals surface area contributed by atoms with Crippen molar-refractivity contribution in [3.8, 4) is 0 Å². The lowest BCUT2D eigenvalue weighted by Crippen LogP contribution is -2.13. The van der Waals surface area contributed by atoms with Crippen molar-refractivity contribution in [2.24, 2.45) is 0 Å². The van der Waals surface area contributed by atoms with Crippen LogP contribution in [0.2, 0.25) is 0 Å². The van der Waals surface area contributed by atoms with E-state index in [1.54, 1.807) is 5.38 Å². The molecule has 21 heavy (non-hydrogen) atoms. The molecule has 1 aromatic heterocycles. The Kier molecular flexibility index (Phi) is 4.13. The molecule has 106 valence electrons. The number of hydrogen-bond acceptors (Lipinski definition) is 3. The Labute approximate surface area is 127 Å². The highest BCUT2D eigenvalue weighted by molar-refractivity contribution is 7.16. The van der Waals surface area contributed by atoms with Crippen LogP contribution in [0, 0.1) is 0 Å². The minimum absolute atomic E-state index is 0.0510. The van der Waals surface area contributed by atoms with E-state index in [4.69, 9.17) is 0 Å². The second-order valence-corrected chi connectivity index (χ2v) is 5.97. The molecule has 3 rings (SSSR count). The molecule has 0 radical (unpaired) electrons. The maximum Gasteiger partial charge on any atom is 0.193 e. The molecular weight excluding hydrogens is 280 g/mol. The van der Waals surface area contributed by atoms with Crippen LogP contribution in [0.5, 0.6) is 0 Å². The number of aliphatic hydroxyl groups excluding tert-OH is 1. The van der Waals surface area contributed by atoms with Gasteiger partial charge in [-0.05, 0) is 30.5 Å². The maximum atomic E-state index is 12.4. The molecule has 2 nitrogen and oxygen atoms in total. The summed E-state index contributed by atoms with van der Waals surface area (Å²) < 4.78 is 0.960. The van der Waals surface area contributed by atoms with Gasteiger partial charge in [0, 0.05) is 21.0 Å². The van der Waals surface area contributed by atoms with Crippen LogP contribution in [-0.2, 0) is 6.42 Å². The van der Waals surface area contributed by atoms with E-state index in [1.165, 1.54) is 16.9 Å². The first-order valence-electron chi connectivity index (χ1n) is 6.98. The molecule has 0 aliphatic carbocycles. The largest absolute Gasteiger partial charge is 0.388 e. The van der Waals surface area contributed by atoms with Crippen molar-refractivity contribution < 1.29 is 5.11 Å². The Morgan fingerprint density at radius 1 is 1.00 bits per heavy atom. The van der Waals surface area contributed by atoms with Gasteiger partial charge in [0.05, 0.1) is 6.10 Å². The fourth-order valence-electron chi connectivity index (χ4n) is 2.43. The van der Waals surface area contributed by atoms with Crippen LogP contribution >= 0.6 is 11.3 Å². The first-order chi connectivity index (χ1) is 10.3. The number of benzene rings is 2. The van der Waals surface area contributed by atoms with E-state index in [0.717, 1.165) is 11.1 Å². The number of fused-ring (bicyclic) bond motifs is 1. The third kappa shape index (κ3) is 3.04. The summed E-state index contributed by atoms with van der Waals surface area (Å²) in [6, 6.07) is 17.5. The monoisotopic (exact) mass is 296 g/mol. The lowest BCUT2D eigenvalue weighted by Gasteiger charge is -2.10. The van der Waals surface area contributed by atoms with E-state index < -0.39 is 6.10 Å². The van der Waals surface area contributed by atoms with Crippen LogP contribution in [0.15, 0.2) is 64.8 Å². The summed E-state index contributed by atoms with van der Waals surface area (Å²) in [5.74, 6) is 0. The molecule has 3 heteroatoms. The van der Waals surface area contributed by atoms with Crippen molar-refractivity contribution in [1.82, 2.24) is 0 Å². The topological polar surface area (TPSA) is 37.3 Å². The van der Waals surface area contributed by atoms with Crippen LogP contribution in [-0.4, -0.2) is 5.11 Å². The van der Waals surface area contributed by atoms with Gasteiger partial charge in [-0.25, -0.2) is 0 Å². The molecule has 1 unspecified atom stereocenters. The van der Waals surface area contributed by atoms with Crippen molar-refractivity contribution >= 4 is 21.4 Å². The molecule has 0 saturated carbocycles. The van der Waals surface area contributed by atoms with Crippen molar-refractivity contribution in [1.29, 1.82) is 0 Å². The molecule has 0 bridgehead atoms. The van der Waals surface area contributed by atoms with Gasteiger partial charge in [-0.15, -0.1) is 11.3 Å². The molecular formula is C18H16O2S. The Bertz CT molecular complexity index is 793. The first kappa shape index (κ1) is 14.0. The third-order valence-electron chi connectivity index (χ3n) is 3.62. The van der Waals surface area contributed by atoms with E-state index in [0.29, 0.717) is 17.4 Å². The molecule has 0 amide bonds. The molecule has 1 N–H and O–H groups in total. The van der Waals surface area contributed by atoms with E-state index in [9.17, 15) is 9.90 Å². The van der Waals surface area contributed by atoms with E-state index in [1.807, 2.05) is 54.6 Å². The molecule has 0 saturated heterocycles. The smallest absolute Gasteiger partial charge is 0.193 e. The minimum atomic E-state index is -0.710. The average molecular weight is 296 g/mol. The zero-order chi connectivity index (χ0) is 14.7. The fraction of sp³-hybridized carbons (Fsp3) is 0.167. The summed E-state index contributed by atoms with van der Waals surface area (Å²) in [5, 5.41) is 12.8. The van der Waals surface area contributed by atoms with Crippen molar-refractivity contribution in [3.63, 3.8) is 0 Å². The highest BCUT2D eigenvalue weighted by Gasteiger charge is 2.13. The Balaban J connectivity index is 1.83. The normalized spacial score (nSPS) is 12.4. The van der Waals surface area contributed by atoms with Gasteiger partial charge >= 0.3 is 0 Å². The minimum Gasteiger partial charge on any atom is -0.388 e. The van der Waals surface area contributed by atoms with Gasteiger partial charge in [0.2, 0.25) is 0 Å². The molecule has 0 fully saturated rings. The molecule has 0 aliphatic heterocycles. The molecule has 3 aromatic rings. The molecule has 1 atom stereocenters. The number of hydrogen-bond donors (Lipinski definition) is 1. The number of rotatable bonds is 4. The second-order valence-electron chi connectivity index (χ2n) is 5.06. The number of aliphatic hydroxyl groups is 1. The average Bonchev–Trinajstić information content (AvgIpc) is 2.54. The predicted octanol–water partition coefficient (Wildman–Crippen LogP) is 3.93. The number of aryl methyl sites for hydroxylation is 1. The summed E-state index contributed by atoms with van der Waals surface area (Å²) >= 11 is 1.51. The maximum absolute atomic E-state index is 12.4. The molecule has 0 spiro atoms. The first-order valence-corrected chi connectivity index (χ1v) is 7.86. The summed E-state index contributed by atoms with van der Waals surface area (Å²) in [4.78, 5) is 12.4. The Morgan fingerprint density at radius 2 is 1.71 bits per heavy atom. The summed E-state index contributed by atoms with van der Waals surface area (Å²) in [7, 11) is 0. The highest BCUT2D eigenvalue weighted by atomic mass is 32.1. The van der Waals surface area contributed by atoms with Crippen LogP contribution in [0.3, 0.4) is 0 Å². The van der Waals surface area contributed by atoms with E-state index in [-0.39, 0.29) is 5.43 Å². The summed E-state index contributed by atoms with van der Waals surface area (Å²) in [6.07, 6.45) is 0.613. The summed E-state index contributed by atoms with van der Waals surface area (Å²) in [6.45, 7) is 0.